The van der Waals surface area contributed by atoms with Gasteiger partial charge in [-0.1, -0.05) is 12.1 Å². The molecule has 0 atom stereocenters. The summed E-state index contributed by atoms with van der Waals surface area (Å²) in [6.07, 6.45) is 0.542. The second-order valence-corrected chi connectivity index (χ2v) is 6.23. The molecule has 26 heavy (non-hydrogen) atoms. The maximum absolute atomic E-state index is 13.0. The molecule has 7 heteroatoms. The van der Waals surface area contributed by atoms with Crippen molar-refractivity contribution in [2.24, 2.45) is 0 Å². The van der Waals surface area contributed by atoms with Gasteiger partial charge in [0.1, 0.15) is 23.0 Å². The molecule has 0 unspecified atom stereocenters. The van der Waals surface area contributed by atoms with Crippen molar-refractivity contribution in [3.05, 3.63) is 58.9 Å². The Morgan fingerprint density at radius 2 is 1.88 bits per heavy atom. The van der Waals surface area contributed by atoms with E-state index in [2.05, 4.69) is 25.1 Å². The van der Waals surface area contributed by atoms with Crippen molar-refractivity contribution in [3.63, 3.8) is 0 Å². The van der Waals surface area contributed by atoms with Crippen molar-refractivity contribution in [2.75, 3.05) is 7.11 Å². The third kappa shape index (κ3) is 2.81. The van der Waals surface area contributed by atoms with Crippen LogP contribution in [-0.4, -0.2) is 32.3 Å². The van der Waals surface area contributed by atoms with Crippen LogP contribution >= 0.6 is 0 Å². The second kappa shape index (κ2) is 6.25. The Morgan fingerprint density at radius 3 is 2.62 bits per heavy atom. The number of halogens is 1. The van der Waals surface area contributed by atoms with Crippen LogP contribution in [0.2, 0.25) is 0 Å². The Bertz CT molecular complexity index is 1080. The van der Waals surface area contributed by atoms with Gasteiger partial charge < -0.3 is 9.72 Å². The molecule has 0 aliphatic rings. The van der Waals surface area contributed by atoms with E-state index in [4.69, 9.17) is 4.74 Å². The maximum Gasteiger partial charge on any atom is 0.184 e. The molecule has 0 spiro atoms. The zero-order chi connectivity index (χ0) is 18.3. The number of H-pyrrole nitrogens is 2. The average Bonchev–Trinajstić information content (AvgIpc) is 3.23. The lowest BCUT2D eigenvalue weighted by Crippen LogP contribution is -1.94. The van der Waals surface area contributed by atoms with Gasteiger partial charge >= 0.3 is 0 Å². The largest absolute Gasteiger partial charge is 0.494 e. The molecule has 0 amide bonds. The average molecular weight is 351 g/mol. The van der Waals surface area contributed by atoms with Crippen LogP contribution in [0.15, 0.2) is 30.3 Å². The van der Waals surface area contributed by atoms with E-state index in [0.29, 0.717) is 23.8 Å². The molecule has 2 aromatic heterocycles. The van der Waals surface area contributed by atoms with E-state index in [1.54, 1.807) is 19.2 Å². The monoisotopic (exact) mass is 351 g/mol. The van der Waals surface area contributed by atoms with Crippen molar-refractivity contribution >= 4 is 11.0 Å². The smallest absolute Gasteiger partial charge is 0.184 e. The van der Waals surface area contributed by atoms with Crippen molar-refractivity contribution in [3.8, 4) is 17.1 Å². The molecule has 0 radical (unpaired) electrons. The summed E-state index contributed by atoms with van der Waals surface area (Å²) in [5.74, 6) is 2.49. The lowest BCUT2D eigenvalue weighted by atomic mass is 10.1. The molecule has 2 aromatic carbocycles. The molecule has 2 N–H and O–H groups in total. The first-order chi connectivity index (χ1) is 12.5. The highest BCUT2D eigenvalue weighted by Crippen LogP contribution is 2.36. The highest BCUT2D eigenvalue weighted by Gasteiger charge is 2.18. The number of rotatable bonds is 4. The number of nitrogens with zero attached hydrogens (tertiary/aromatic N) is 3. The summed E-state index contributed by atoms with van der Waals surface area (Å²) < 4.78 is 18.7. The SMILES string of the molecule is COc1c(-c2n[nH]c(Cc3ccc(F)cc3)n2)cc(C)c2nc(C)[nH]c12. The Morgan fingerprint density at radius 1 is 1.12 bits per heavy atom. The topological polar surface area (TPSA) is 79.5 Å². The van der Waals surface area contributed by atoms with Gasteiger partial charge in [-0.25, -0.2) is 14.4 Å². The molecule has 0 fully saturated rings. The molecule has 4 rings (SSSR count). The predicted octanol–water partition coefficient (Wildman–Crippen LogP) is 3.70. The minimum Gasteiger partial charge on any atom is -0.494 e. The van der Waals surface area contributed by atoms with Crippen molar-refractivity contribution in [1.82, 2.24) is 25.1 Å². The van der Waals surface area contributed by atoms with Crippen LogP contribution in [0.25, 0.3) is 22.4 Å². The first-order valence-corrected chi connectivity index (χ1v) is 8.25. The Labute approximate surface area is 149 Å². The summed E-state index contributed by atoms with van der Waals surface area (Å²) in [6.45, 7) is 3.91. The lowest BCUT2D eigenvalue weighted by molar-refractivity contribution is 0.420. The van der Waals surface area contributed by atoms with Crippen LogP contribution in [-0.2, 0) is 6.42 Å². The Balaban J connectivity index is 1.74. The number of benzene rings is 2. The number of imidazole rings is 1. The quantitative estimate of drug-likeness (QED) is 0.587. The van der Waals surface area contributed by atoms with Gasteiger partial charge in [0.05, 0.1) is 18.2 Å². The summed E-state index contributed by atoms with van der Waals surface area (Å²) in [7, 11) is 1.62. The molecule has 0 aliphatic carbocycles. The third-order valence-electron chi connectivity index (χ3n) is 4.29. The summed E-state index contributed by atoms with van der Waals surface area (Å²) in [4.78, 5) is 12.3. The standard InChI is InChI=1S/C19H18FN5O/c1-10-8-14(18(26-3)17-16(10)21-11(2)22-17)19-23-15(24-25-19)9-12-4-6-13(20)7-5-12/h4-8H,9H2,1-3H3,(H,21,22)(H,23,24,25). The fraction of sp³-hybridized carbons (Fsp3) is 0.211. The number of aromatic amines is 2. The van der Waals surface area contributed by atoms with E-state index in [1.807, 2.05) is 19.9 Å². The minimum atomic E-state index is -0.254. The van der Waals surface area contributed by atoms with E-state index < -0.39 is 0 Å². The molecule has 132 valence electrons. The molecule has 4 aromatic rings. The molecule has 0 bridgehead atoms. The van der Waals surface area contributed by atoms with E-state index in [9.17, 15) is 4.39 Å². The highest BCUT2D eigenvalue weighted by atomic mass is 19.1. The number of ether oxygens (including phenoxy) is 1. The molecule has 2 heterocycles. The number of nitrogens with one attached hydrogen (secondary N) is 2. The minimum absolute atomic E-state index is 0.254. The number of fused-ring (bicyclic) bond motifs is 1. The van der Waals surface area contributed by atoms with Crippen LogP contribution < -0.4 is 4.74 Å². The predicted molar refractivity (Wildman–Crippen MR) is 96.7 cm³/mol. The number of hydrogen-bond donors (Lipinski definition) is 2. The van der Waals surface area contributed by atoms with Gasteiger partial charge in [0.2, 0.25) is 0 Å². The lowest BCUT2D eigenvalue weighted by Gasteiger charge is -2.08. The molecule has 0 aliphatic heterocycles. The van der Waals surface area contributed by atoms with Gasteiger partial charge in [0.15, 0.2) is 11.6 Å². The van der Waals surface area contributed by atoms with Gasteiger partial charge in [-0.15, -0.1) is 0 Å². The van der Waals surface area contributed by atoms with Crippen LogP contribution in [0.4, 0.5) is 4.39 Å². The van der Waals surface area contributed by atoms with E-state index in [1.165, 1.54) is 12.1 Å². The molecular weight excluding hydrogens is 333 g/mol. The fourth-order valence-corrected chi connectivity index (χ4v) is 3.09. The Kier molecular flexibility index (Phi) is 3.91. The van der Waals surface area contributed by atoms with Crippen molar-refractivity contribution in [2.45, 2.75) is 20.3 Å². The zero-order valence-corrected chi connectivity index (χ0v) is 14.7. The van der Waals surface area contributed by atoms with Crippen LogP contribution in [0, 0.1) is 19.7 Å². The molecule has 0 saturated heterocycles. The van der Waals surface area contributed by atoms with Crippen molar-refractivity contribution in [1.29, 1.82) is 0 Å². The molecule has 6 nitrogen and oxygen atoms in total. The number of aromatic nitrogens is 5. The fourth-order valence-electron chi connectivity index (χ4n) is 3.09. The van der Waals surface area contributed by atoms with Gasteiger partial charge in [-0.3, -0.25) is 5.10 Å². The first kappa shape index (κ1) is 16.3. The van der Waals surface area contributed by atoms with Gasteiger partial charge in [0, 0.05) is 6.42 Å². The van der Waals surface area contributed by atoms with Crippen LogP contribution in [0.3, 0.4) is 0 Å². The maximum atomic E-state index is 13.0. The first-order valence-electron chi connectivity index (χ1n) is 8.25. The van der Waals surface area contributed by atoms with Crippen LogP contribution in [0.5, 0.6) is 5.75 Å². The second-order valence-electron chi connectivity index (χ2n) is 6.23. The summed E-state index contributed by atoms with van der Waals surface area (Å²) in [5, 5.41) is 7.29. The number of aryl methyl sites for hydroxylation is 2. The van der Waals surface area contributed by atoms with E-state index in [-0.39, 0.29) is 5.82 Å². The number of hydrogen-bond acceptors (Lipinski definition) is 4. The van der Waals surface area contributed by atoms with Gasteiger partial charge in [-0.2, -0.15) is 5.10 Å². The molecular formula is C19H18FN5O. The van der Waals surface area contributed by atoms with Crippen LogP contribution in [0.1, 0.15) is 22.8 Å². The third-order valence-corrected chi connectivity index (χ3v) is 4.29. The Hall–Kier alpha value is -3.22. The van der Waals surface area contributed by atoms with Gasteiger partial charge in [0.25, 0.3) is 0 Å². The van der Waals surface area contributed by atoms with Crippen molar-refractivity contribution < 1.29 is 9.13 Å². The van der Waals surface area contributed by atoms with E-state index in [0.717, 1.165) is 33.5 Å². The summed E-state index contributed by atoms with van der Waals surface area (Å²) in [6, 6.07) is 8.33. The summed E-state index contributed by atoms with van der Waals surface area (Å²) >= 11 is 0. The van der Waals surface area contributed by atoms with Gasteiger partial charge in [-0.05, 0) is 43.2 Å². The number of methoxy groups -OCH3 is 1. The normalized spacial score (nSPS) is 11.2. The molecule has 0 saturated carbocycles. The highest BCUT2D eigenvalue weighted by molar-refractivity contribution is 5.91. The van der Waals surface area contributed by atoms with E-state index >= 15 is 0 Å². The summed E-state index contributed by atoms with van der Waals surface area (Å²) in [5.41, 5.74) is 4.49. The zero-order valence-electron chi connectivity index (χ0n) is 14.7.